The SMILES string of the molecule is COc1ccc(CS(=O)(=O)c2cc3cc([N+](=O)[O-])cc([N+](=O)[O-])c3oc2=O)cc1. The highest BCUT2D eigenvalue weighted by atomic mass is 32.2. The lowest BCUT2D eigenvalue weighted by Gasteiger charge is -2.06. The number of ether oxygens (including phenoxy) is 1. The first-order valence-electron chi connectivity index (χ1n) is 7.89. The molecule has 1 aromatic heterocycles. The van der Waals surface area contributed by atoms with E-state index in [4.69, 9.17) is 9.15 Å². The number of nitrogens with zero attached hydrogens (tertiary/aromatic N) is 2. The number of sulfone groups is 1. The van der Waals surface area contributed by atoms with Gasteiger partial charge < -0.3 is 9.15 Å². The molecule has 1 heterocycles. The van der Waals surface area contributed by atoms with Gasteiger partial charge in [-0.3, -0.25) is 20.2 Å². The predicted molar refractivity (Wildman–Crippen MR) is 99.7 cm³/mol. The zero-order valence-electron chi connectivity index (χ0n) is 14.7. The second-order valence-electron chi connectivity index (χ2n) is 5.90. The highest BCUT2D eigenvalue weighted by Gasteiger charge is 2.27. The zero-order chi connectivity index (χ0) is 21.3. The van der Waals surface area contributed by atoms with E-state index in [-0.39, 0.29) is 5.39 Å². The Bertz CT molecular complexity index is 1290. The predicted octanol–water partition coefficient (Wildman–Crippen LogP) is 2.59. The molecule has 0 amide bonds. The van der Waals surface area contributed by atoms with Crippen LogP contribution in [0.2, 0.25) is 0 Å². The number of hydrogen-bond acceptors (Lipinski definition) is 9. The zero-order valence-corrected chi connectivity index (χ0v) is 15.5. The Labute approximate surface area is 162 Å². The maximum atomic E-state index is 12.7. The van der Waals surface area contributed by atoms with Crippen LogP contribution in [0.5, 0.6) is 5.75 Å². The molecule has 0 atom stereocenters. The molecule has 0 N–H and O–H groups in total. The van der Waals surface area contributed by atoms with Crippen LogP contribution in [0.1, 0.15) is 5.56 Å². The number of nitro benzene ring substituents is 2. The summed E-state index contributed by atoms with van der Waals surface area (Å²) in [4.78, 5) is 31.9. The second-order valence-corrected chi connectivity index (χ2v) is 7.86. The van der Waals surface area contributed by atoms with Crippen molar-refractivity contribution in [1.82, 2.24) is 0 Å². The topological polar surface area (TPSA) is 160 Å². The number of non-ortho nitro benzene ring substituents is 2. The van der Waals surface area contributed by atoms with Crippen molar-refractivity contribution in [2.45, 2.75) is 10.6 Å². The summed E-state index contributed by atoms with van der Waals surface area (Å²) in [5.41, 5.74) is -2.95. The summed E-state index contributed by atoms with van der Waals surface area (Å²) in [5, 5.41) is 21.9. The van der Waals surface area contributed by atoms with Crippen molar-refractivity contribution in [1.29, 1.82) is 0 Å². The fourth-order valence-electron chi connectivity index (χ4n) is 2.66. The van der Waals surface area contributed by atoms with Crippen molar-refractivity contribution >= 4 is 32.2 Å². The molecule has 0 aliphatic rings. The Kier molecular flexibility index (Phi) is 5.03. The van der Waals surface area contributed by atoms with Gasteiger partial charge in [0.25, 0.3) is 5.69 Å². The van der Waals surface area contributed by atoms with Crippen LogP contribution in [0.3, 0.4) is 0 Å². The molecule has 0 radical (unpaired) electrons. The van der Waals surface area contributed by atoms with E-state index < -0.39 is 52.9 Å². The third kappa shape index (κ3) is 3.91. The quantitative estimate of drug-likeness (QED) is 0.331. The van der Waals surface area contributed by atoms with Crippen molar-refractivity contribution in [2.24, 2.45) is 0 Å². The number of fused-ring (bicyclic) bond motifs is 1. The summed E-state index contributed by atoms with van der Waals surface area (Å²) in [6.07, 6.45) is 0. The summed E-state index contributed by atoms with van der Waals surface area (Å²) in [7, 11) is -2.76. The fraction of sp³-hybridized carbons (Fsp3) is 0.118. The molecule has 0 saturated carbocycles. The summed E-state index contributed by atoms with van der Waals surface area (Å²) in [5.74, 6) is -0.0411. The van der Waals surface area contributed by atoms with E-state index in [1.165, 1.54) is 19.2 Å². The van der Waals surface area contributed by atoms with Crippen molar-refractivity contribution in [3.8, 4) is 5.75 Å². The molecule has 3 aromatic rings. The summed E-state index contributed by atoms with van der Waals surface area (Å²) in [6.45, 7) is 0. The largest absolute Gasteiger partial charge is 0.497 e. The van der Waals surface area contributed by atoms with Gasteiger partial charge in [0, 0.05) is 11.5 Å². The first-order valence-corrected chi connectivity index (χ1v) is 9.54. The first kappa shape index (κ1) is 19.9. The van der Waals surface area contributed by atoms with Gasteiger partial charge in [-0.2, -0.15) is 0 Å². The van der Waals surface area contributed by atoms with Crippen LogP contribution < -0.4 is 10.4 Å². The van der Waals surface area contributed by atoms with Crippen LogP contribution >= 0.6 is 0 Å². The monoisotopic (exact) mass is 420 g/mol. The molecule has 0 spiro atoms. The third-order valence-electron chi connectivity index (χ3n) is 4.02. The summed E-state index contributed by atoms with van der Waals surface area (Å²) < 4.78 is 35.2. The highest BCUT2D eigenvalue weighted by molar-refractivity contribution is 7.90. The van der Waals surface area contributed by atoms with Crippen molar-refractivity contribution in [3.63, 3.8) is 0 Å². The molecular weight excluding hydrogens is 408 g/mol. The molecule has 0 fully saturated rings. The molecule has 150 valence electrons. The van der Waals surface area contributed by atoms with Gasteiger partial charge in [0.2, 0.25) is 5.58 Å². The molecule has 0 aliphatic carbocycles. The summed E-state index contributed by atoms with van der Waals surface area (Å²) in [6, 6.07) is 8.46. The molecule has 0 aliphatic heterocycles. The molecule has 3 rings (SSSR count). The highest BCUT2D eigenvalue weighted by Crippen LogP contribution is 2.31. The smallest absolute Gasteiger partial charge is 0.355 e. The Balaban J connectivity index is 2.15. The second kappa shape index (κ2) is 7.31. The van der Waals surface area contributed by atoms with Gasteiger partial charge in [-0.15, -0.1) is 0 Å². The van der Waals surface area contributed by atoms with E-state index in [9.17, 15) is 33.4 Å². The lowest BCUT2D eigenvalue weighted by Crippen LogP contribution is -2.16. The molecule has 0 saturated heterocycles. The lowest BCUT2D eigenvalue weighted by molar-refractivity contribution is -0.393. The van der Waals surface area contributed by atoms with E-state index in [0.29, 0.717) is 17.4 Å². The average molecular weight is 420 g/mol. The van der Waals surface area contributed by atoms with Gasteiger partial charge in [0.1, 0.15) is 5.75 Å². The van der Waals surface area contributed by atoms with Gasteiger partial charge in [-0.05, 0) is 23.8 Å². The van der Waals surface area contributed by atoms with Gasteiger partial charge in [0.05, 0.1) is 28.8 Å². The maximum absolute atomic E-state index is 12.7. The maximum Gasteiger partial charge on any atom is 0.355 e. The van der Waals surface area contributed by atoms with Crippen LogP contribution in [0.4, 0.5) is 11.4 Å². The van der Waals surface area contributed by atoms with Crippen LogP contribution in [-0.2, 0) is 15.6 Å². The van der Waals surface area contributed by atoms with E-state index in [1.54, 1.807) is 12.1 Å². The molecule has 2 aromatic carbocycles. The summed E-state index contributed by atoms with van der Waals surface area (Å²) >= 11 is 0. The van der Waals surface area contributed by atoms with E-state index in [2.05, 4.69) is 0 Å². The minimum atomic E-state index is -4.21. The van der Waals surface area contributed by atoms with Gasteiger partial charge >= 0.3 is 11.3 Å². The Hall–Kier alpha value is -3.80. The molecule has 11 nitrogen and oxygen atoms in total. The average Bonchev–Trinajstić information content (AvgIpc) is 2.66. The minimum absolute atomic E-state index is 0.251. The van der Waals surface area contributed by atoms with Gasteiger partial charge in [0.15, 0.2) is 14.7 Å². The number of benzene rings is 2. The number of rotatable bonds is 6. The Morgan fingerprint density at radius 1 is 1.03 bits per heavy atom. The van der Waals surface area contributed by atoms with E-state index >= 15 is 0 Å². The standard InChI is InChI=1S/C17H12N2O9S/c1-27-13-4-2-10(3-5-13)9-29(25,26)15-7-11-6-12(18(21)22)8-14(19(23)24)16(11)28-17(15)20/h2-8H,9H2,1H3. The molecule has 0 bridgehead atoms. The fourth-order valence-corrected chi connectivity index (χ4v) is 4.05. The van der Waals surface area contributed by atoms with E-state index in [1.807, 2.05) is 0 Å². The van der Waals surface area contributed by atoms with Crippen LogP contribution in [0, 0.1) is 20.2 Å². The van der Waals surface area contributed by atoms with Crippen molar-refractivity contribution < 1.29 is 27.4 Å². The number of nitro groups is 2. The van der Waals surface area contributed by atoms with Gasteiger partial charge in [-0.1, -0.05) is 12.1 Å². The molecule has 0 unspecified atom stereocenters. The molecular formula is C17H12N2O9S. The Morgan fingerprint density at radius 2 is 1.69 bits per heavy atom. The van der Waals surface area contributed by atoms with Crippen LogP contribution in [0.15, 0.2) is 56.6 Å². The lowest BCUT2D eigenvalue weighted by atomic mass is 10.2. The third-order valence-corrected chi connectivity index (χ3v) is 5.69. The Morgan fingerprint density at radius 3 is 2.24 bits per heavy atom. The molecule has 12 heteroatoms. The van der Waals surface area contributed by atoms with Gasteiger partial charge in [-0.25, -0.2) is 13.2 Å². The number of methoxy groups -OCH3 is 1. The minimum Gasteiger partial charge on any atom is -0.497 e. The van der Waals surface area contributed by atoms with Crippen molar-refractivity contribution in [2.75, 3.05) is 7.11 Å². The van der Waals surface area contributed by atoms with Crippen LogP contribution in [-0.4, -0.2) is 25.4 Å². The van der Waals surface area contributed by atoms with Crippen molar-refractivity contribution in [3.05, 3.63) is 78.7 Å². The molecule has 29 heavy (non-hydrogen) atoms. The normalized spacial score (nSPS) is 11.3. The number of hydrogen-bond donors (Lipinski definition) is 0. The first-order chi connectivity index (χ1) is 13.6. The van der Waals surface area contributed by atoms with Crippen LogP contribution in [0.25, 0.3) is 11.0 Å². The van der Waals surface area contributed by atoms with E-state index in [0.717, 1.165) is 12.1 Å².